The van der Waals surface area contributed by atoms with Crippen molar-refractivity contribution in [3.8, 4) is 0 Å². The zero-order valence-electron chi connectivity index (χ0n) is 10.9. The summed E-state index contributed by atoms with van der Waals surface area (Å²) in [5.41, 5.74) is 0.335. The van der Waals surface area contributed by atoms with Crippen LogP contribution in [0, 0.1) is 6.92 Å². The van der Waals surface area contributed by atoms with Crippen LogP contribution in [0.4, 0.5) is 5.13 Å². The number of aromatic nitrogens is 1. The van der Waals surface area contributed by atoms with Gasteiger partial charge in [-0.05, 0) is 25.1 Å². The lowest BCUT2D eigenvalue weighted by Gasteiger charge is -2.06. The Morgan fingerprint density at radius 3 is 2.67 bits per heavy atom. The van der Waals surface area contributed by atoms with E-state index in [-0.39, 0.29) is 17.5 Å². The number of aryl methyl sites for hydroxylation is 1. The van der Waals surface area contributed by atoms with Crippen molar-refractivity contribution >= 4 is 51.5 Å². The summed E-state index contributed by atoms with van der Waals surface area (Å²) in [6, 6.07) is 4.50. The third-order valence-electron chi connectivity index (χ3n) is 2.46. The van der Waals surface area contributed by atoms with Gasteiger partial charge in [0.15, 0.2) is 5.13 Å². The molecule has 0 saturated carbocycles. The van der Waals surface area contributed by atoms with Crippen molar-refractivity contribution in [2.45, 2.75) is 6.92 Å². The number of rotatable bonds is 4. The lowest BCUT2D eigenvalue weighted by Crippen LogP contribution is -2.32. The van der Waals surface area contributed by atoms with Crippen LogP contribution in [0.1, 0.15) is 15.2 Å². The molecular formula is C13H11Cl2N3O2S. The molecule has 1 heterocycles. The van der Waals surface area contributed by atoms with E-state index in [1.807, 2.05) is 6.92 Å². The lowest BCUT2D eigenvalue weighted by molar-refractivity contribution is -0.115. The molecule has 1 aromatic carbocycles. The Bertz CT molecular complexity index is 688. The molecule has 0 radical (unpaired) electrons. The average Bonchev–Trinajstić information content (AvgIpc) is 2.84. The molecule has 0 atom stereocenters. The molecule has 2 rings (SSSR count). The number of hydrogen-bond donors (Lipinski definition) is 2. The van der Waals surface area contributed by atoms with Crippen LogP contribution in [-0.4, -0.2) is 23.3 Å². The zero-order chi connectivity index (χ0) is 15.4. The number of benzene rings is 1. The van der Waals surface area contributed by atoms with Gasteiger partial charge in [-0.1, -0.05) is 23.2 Å². The standard InChI is InChI=1S/C13H11Cl2N3O2S/c1-7-5-17-13(21-7)18-11(19)6-16-12(20)8-2-3-9(14)10(15)4-8/h2-5H,6H2,1H3,(H,16,20)(H,17,18,19). The highest BCUT2D eigenvalue weighted by molar-refractivity contribution is 7.15. The first kappa shape index (κ1) is 15.8. The first-order valence-electron chi connectivity index (χ1n) is 5.91. The van der Waals surface area contributed by atoms with Gasteiger partial charge in [-0.25, -0.2) is 4.98 Å². The van der Waals surface area contributed by atoms with E-state index >= 15 is 0 Å². The number of anilines is 1. The van der Waals surface area contributed by atoms with Crippen molar-refractivity contribution in [3.05, 3.63) is 44.9 Å². The van der Waals surface area contributed by atoms with E-state index in [2.05, 4.69) is 15.6 Å². The molecule has 0 spiro atoms. The van der Waals surface area contributed by atoms with Gasteiger partial charge in [-0.3, -0.25) is 9.59 Å². The zero-order valence-corrected chi connectivity index (χ0v) is 13.3. The SMILES string of the molecule is Cc1cnc(NC(=O)CNC(=O)c2ccc(Cl)c(Cl)c2)s1. The van der Waals surface area contributed by atoms with Gasteiger partial charge in [0.1, 0.15) is 0 Å². The Hall–Kier alpha value is -1.63. The molecule has 8 heteroatoms. The Labute approximate surface area is 135 Å². The maximum absolute atomic E-state index is 11.9. The molecule has 1 aromatic heterocycles. The first-order chi connectivity index (χ1) is 9.95. The minimum absolute atomic E-state index is 0.155. The fourth-order valence-electron chi connectivity index (χ4n) is 1.48. The number of thiazole rings is 1. The summed E-state index contributed by atoms with van der Waals surface area (Å²) in [7, 11) is 0. The van der Waals surface area contributed by atoms with Gasteiger partial charge in [-0.15, -0.1) is 11.3 Å². The summed E-state index contributed by atoms with van der Waals surface area (Å²) in [6.45, 7) is 1.73. The second-order valence-electron chi connectivity index (χ2n) is 4.14. The summed E-state index contributed by atoms with van der Waals surface area (Å²) in [5, 5.41) is 6.24. The smallest absolute Gasteiger partial charge is 0.251 e. The van der Waals surface area contributed by atoms with Crippen LogP contribution in [0.25, 0.3) is 0 Å². The van der Waals surface area contributed by atoms with Crippen LogP contribution in [0.3, 0.4) is 0 Å². The van der Waals surface area contributed by atoms with E-state index in [0.29, 0.717) is 15.7 Å². The number of nitrogens with zero attached hydrogens (tertiary/aromatic N) is 1. The number of hydrogen-bond acceptors (Lipinski definition) is 4. The van der Waals surface area contributed by atoms with Crippen molar-refractivity contribution in [1.29, 1.82) is 0 Å². The average molecular weight is 344 g/mol. The van der Waals surface area contributed by atoms with Crippen LogP contribution in [0.2, 0.25) is 10.0 Å². The molecule has 2 aromatic rings. The van der Waals surface area contributed by atoms with E-state index in [4.69, 9.17) is 23.2 Å². The molecule has 0 unspecified atom stereocenters. The largest absolute Gasteiger partial charge is 0.343 e. The van der Waals surface area contributed by atoms with Crippen LogP contribution < -0.4 is 10.6 Å². The normalized spacial score (nSPS) is 10.2. The minimum atomic E-state index is -0.404. The Balaban J connectivity index is 1.88. The topological polar surface area (TPSA) is 71.1 Å². The van der Waals surface area contributed by atoms with E-state index < -0.39 is 5.91 Å². The van der Waals surface area contributed by atoms with Crippen molar-refractivity contribution in [1.82, 2.24) is 10.3 Å². The Kier molecular flexibility index (Phi) is 5.17. The predicted molar refractivity (Wildman–Crippen MR) is 84.3 cm³/mol. The Morgan fingerprint density at radius 2 is 2.05 bits per heavy atom. The van der Waals surface area contributed by atoms with Crippen LogP contribution in [0.15, 0.2) is 24.4 Å². The molecule has 5 nitrogen and oxygen atoms in total. The minimum Gasteiger partial charge on any atom is -0.343 e. The molecule has 0 fully saturated rings. The van der Waals surface area contributed by atoms with Gasteiger partial charge >= 0.3 is 0 Å². The monoisotopic (exact) mass is 343 g/mol. The number of carbonyl (C=O) groups is 2. The highest BCUT2D eigenvalue weighted by atomic mass is 35.5. The number of amides is 2. The summed E-state index contributed by atoms with van der Waals surface area (Å²) < 4.78 is 0. The molecule has 0 aliphatic rings. The highest BCUT2D eigenvalue weighted by Crippen LogP contribution is 2.22. The second-order valence-corrected chi connectivity index (χ2v) is 6.18. The number of nitrogens with one attached hydrogen (secondary N) is 2. The third-order valence-corrected chi connectivity index (χ3v) is 4.03. The van der Waals surface area contributed by atoms with Gasteiger partial charge in [0.2, 0.25) is 5.91 Å². The number of carbonyl (C=O) groups excluding carboxylic acids is 2. The van der Waals surface area contributed by atoms with Crippen LogP contribution >= 0.6 is 34.5 Å². The van der Waals surface area contributed by atoms with E-state index in [9.17, 15) is 9.59 Å². The van der Waals surface area contributed by atoms with Crippen LogP contribution in [0.5, 0.6) is 0 Å². The molecule has 0 bridgehead atoms. The fraction of sp³-hybridized carbons (Fsp3) is 0.154. The van der Waals surface area contributed by atoms with Gasteiger partial charge < -0.3 is 10.6 Å². The molecular weight excluding hydrogens is 333 g/mol. The van der Waals surface area contributed by atoms with Crippen molar-refractivity contribution < 1.29 is 9.59 Å². The second kappa shape index (κ2) is 6.89. The fourth-order valence-corrected chi connectivity index (χ4v) is 2.45. The molecule has 110 valence electrons. The summed E-state index contributed by atoms with van der Waals surface area (Å²) in [5.74, 6) is -0.753. The van der Waals surface area contributed by atoms with E-state index in [1.165, 1.54) is 29.5 Å². The van der Waals surface area contributed by atoms with Crippen molar-refractivity contribution in [2.75, 3.05) is 11.9 Å². The van der Waals surface area contributed by atoms with E-state index in [0.717, 1.165) is 4.88 Å². The molecule has 0 aliphatic carbocycles. The maximum atomic E-state index is 11.9. The maximum Gasteiger partial charge on any atom is 0.251 e. The van der Waals surface area contributed by atoms with Crippen molar-refractivity contribution in [3.63, 3.8) is 0 Å². The lowest BCUT2D eigenvalue weighted by atomic mass is 10.2. The molecule has 2 N–H and O–H groups in total. The van der Waals surface area contributed by atoms with Crippen LogP contribution in [-0.2, 0) is 4.79 Å². The molecule has 0 saturated heterocycles. The van der Waals surface area contributed by atoms with Gasteiger partial charge in [0, 0.05) is 16.6 Å². The first-order valence-corrected chi connectivity index (χ1v) is 7.48. The molecule has 2 amide bonds. The quantitative estimate of drug-likeness (QED) is 0.895. The highest BCUT2D eigenvalue weighted by Gasteiger charge is 2.10. The van der Waals surface area contributed by atoms with Gasteiger partial charge in [0.25, 0.3) is 5.91 Å². The van der Waals surface area contributed by atoms with E-state index in [1.54, 1.807) is 6.20 Å². The summed E-state index contributed by atoms with van der Waals surface area (Å²) in [4.78, 5) is 28.5. The summed E-state index contributed by atoms with van der Waals surface area (Å²) in [6.07, 6.45) is 1.66. The Morgan fingerprint density at radius 1 is 1.29 bits per heavy atom. The van der Waals surface area contributed by atoms with Gasteiger partial charge in [0.05, 0.1) is 16.6 Å². The predicted octanol–water partition coefficient (Wildman–Crippen LogP) is 3.13. The third kappa shape index (κ3) is 4.42. The summed E-state index contributed by atoms with van der Waals surface area (Å²) >= 11 is 13.0. The molecule has 0 aliphatic heterocycles. The molecule has 21 heavy (non-hydrogen) atoms. The van der Waals surface area contributed by atoms with Gasteiger partial charge in [-0.2, -0.15) is 0 Å². The van der Waals surface area contributed by atoms with Crippen molar-refractivity contribution in [2.24, 2.45) is 0 Å². The number of halogens is 2.